The third-order valence-corrected chi connectivity index (χ3v) is 5.02. The summed E-state index contributed by atoms with van der Waals surface area (Å²) in [5.41, 5.74) is 1.06. The molecule has 29 heavy (non-hydrogen) atoms. The zero-order valence-electron chi connectivity index (χ0n) is 15.7. The fraction of sp³-hybridized carbons (Fsp3) is 0.389. The van der Waals surface area contributed by atoms with E-state index in [-0.39, 0.29) is 18.3 Å². The molecule has 2 aromatic heterocycles. The molecule has 2 N–H and O–H groups in total. The summed E-state index contributed by atoms with van der Waals surface area (Å²) in [6, 6.07) is 5.18. The van der Waals surface area contributed by atoms with E-state index in [4.69, 9.17) is 17.0 Å². The highest BCUT2D eigenvalue weighted by Gasteiger charge is 2.46. The first kappa shape index (κ1) is 19.5. The minimum Gasteiger partial charge on any atom is -0.492 e. The van der Waals surface area contributed by atoms with Crippen LogP contribution < -0.4 is 10.1 Å². The Balaban J connectivity index is 1.88. The van der Waals surface area contributed by atoms with Crippen LogP contribution in [0.4, 0.5) is 19.0 Å². The number of hydrogen-bond donors (Lipinski definition) is 2. The van der Waals surface area contributed by atoms with Crippen molar-refractivity contribution in [2.75, 3.05) is 11.9 Å². The van der Waals surface area contributed by atoms with E-state index in [2.05, 4.69) is 20.6 Å². The van der Waals surface area contributed by atoms with Crippen LogP contribution in [0, 0.1) is 4.77 Å². The van der Waals surface area contributed by atoms with Gasteiger partial charge in [-0.2, -0.15) is 23.4 Å². The number of aromatic nitrogens is 5. The number of ether oxygens (including phenoxy) is 1. The molecule has 11 heteroatoms. The van der Waals surface area contributed by atoms with Crippen molar-refractivity contribution in [1.82, 2.24) is 24.5 Å². The van der Waals surface area contributed by atoms with Gasteiger partial charge in [-0.3, -0.25) is 9.67 Å². The second kappa shape index (κ2) is 7.21. The Morgan fingerprint density at radius 2 is 2.07 bits per heavy atom. The Morgan fingerprint density at radius 3 is 2.79 bits per heavy atom. The Bertz CT molecular complexity index is 1090. The topological polar surface area (TPSA) is 72.7 Å². The lowest BCUT2D eigenvalue weighted by Crippen LogP contribution is -2.38. The van der Waals surface area contributed by atoms with Gasteiger partial charge in [-0.05, 0) is 44.6 Å². The second-order valence-electron chi connectivity index (χ2n) is 6.78. The van der Waals surface area contributed by atoms with Crippen molar-refractivity contribution in [3.8, 4) is 22.8 Å². The Kier molecular flexibility index (Phi) is 4.85. The summed E-state index contributed by atoms with van der Waals surface area (Å²) in [5, 5.41) is 14.1. The predicted octanol–water partition coefficient (Wildman–Crippen LogP) is 4.50. The number of aromatic amines is 1. The van der Waals surface area contributed by atoms with Gasteiger partial charge in [0.05, 0.1) is 24.1 Å². The molecule has 0 spiro atoms. The zero-order chi connectivity index (χ0) is 20.8. The summed E-state index contributed by atoms with van der Waals surface area (Å²) in [6.45, 7) is 4.02. The minimum atomic E-state index is -4.40. The number of para-hydroxylation sites is 2. The van der Waals surface area contributed by atoms with E-state index < -0.39 is 12.2 Å². The largest absolute Gasteiger partial charge is 0.492 e. The minimum absolute atomic E-state index is 0.0996. The summed E-state index contributed by atoms with van der Waals surface area (Å²) in [7, 11) is 0. The lowest BCUT2D eigenvalue weighted by molar-refractivity contribution is -0.173. The highest BCUT2D eigenvalue weighted by atomic mass is 32.1. The Morgan fingerprint density at radius 1 is 1.31 bits per heavy atom. The molecule has 3 heterocycles. The van der Waals surface area contributed by atoms with Crippen molar-refractivity contribution < 1.29 is 17.9 Å². The summed E-state index contributed by atoms with van der Waals surface area (Å²) in [6.07, 6.45) is -3.12. The van der Waals surface area contributed by atoms with Gasteiger partial charge < -0.3 is 10.1 Å². The first-order chi connectivity index (χ1) is 13.8. The van der Waals surface area contributed by atoms with Crippen molar-refractivity contribution in [1.29, 1.82) is 0 Å². The molecule has 0 fully saturated rings. The van der Waals surface area contributed by atoms with Crippen LogP contribution in [0.3, 0.4) is 0 Å². The number of H-pyrrole nitrogens is 1. The van der Waals surface area contributed by atoms with Gasteiger partial charge in [-0.15, -0.1) is 0 Å². The normalized spacial score (nSPS) is 18.9. The monoisotopic (exact) mass is 424 g/mol. The van der Waals surface area contributed by atoms with Crippen molar-refractivity contribution in [2.45, 2.75) is 38.5 Å². The van der Waals surface area contributed by atoms with Crippen LogP contribution in [-0.4, -0.2) is 43.4 Å². The molecule has 154 valence electrons. The molecule has 3 aromatic rings. The van der Waals surface area contributed by atoms with Crippen LogP contribution in [-0.2, 0) is 0 Å². The van der Waals surface area contributed by atoms with E-state index >= 15 is 0 Å². The molecule has 1 aliphatic rings. The van der Waals surface area contributed by atoms with Gasteiger partial charge in [0.2, 0.25) is 0 Å². The van der Waals surface area contributed by atoms with E-state index in [0.29, 0.717) is 34.2 Å². The van der Waals surface area contributed by atoms with Crippen molar-refractivity contribution in [3.05, 3.63) is 35.2 Å². The smallest absolute Gasteiger partial charge is 0.410 e. The molecule has 7 nitrogen and oxygen atoms in total. The number of nitrogens with one attached hydrogen (secondary N) is 2. The van der Waals surface area contributed by atoms with E-state index in [0.717, 1.165) is 4.68 Å². The first-order valence-corrected chi connectivity index (χ1v) is 9.52. The summed E-state index contributed by atoms with van der Waals surface area (Å²) in [5.74, 6) is 1.20. The maximum absolute atomic E-state index is 13.5. The average molecular weight is 424 g/mol. The average Bonchev–Trinajstić information content (AvgIpc) is 3.24. The molecule has 0 unspecified atom stereocenters. The van der Waals surface area contributed by atoms with Gasteiger partial charge in [0, 0.05) is 6.04 Å². The third kappa shape index (κ3) is 3.39. The molecule has 1 aromatic carbocycles. The van der Waals surface area contributed by atoms with Gasteiger partial charge in [0.25, 0.3) is 0 Å². The molecule has 0 radical (unpaired) electrons. The number of nitrogens with zero attached hydrogens (tertiary/aromatic N) is 4. The number of alkyl halides is 3. The maximum Gasteiger partial charge on any atom is 0.410 e. The number of fused-ring (bicyclic) bond motifs is 1. The van der Waals surface area contributed by atoms with Crippen LogP contribution in [0.1, 0.15) is 26.3 Å². The van der Waals surface area contributed by atoms with Gasteiger partial charge in [0.15, 0.2) is 16.6 Å². The molecular formula is C18H19F3N6OS. The van der Waals surface area contributed by atoms with E-state index in [1.165, 1.54) is 6.20 Å². The number of benzene rings is 1. The fourth-order valence-corrected chi connectivity index (χ4v) is 3.76. The predicted molar refractivity (Wildman–Crippen MR) is 104 cm³/mol. The number of hydrogen-bond acceptors (Lipinski definition) is 5. The number of rotatable bonds is 4. The van der Waals surface area contributed by atoms with Crippen LogP contribution in [0.15, 0.2) is 30.5 Å². The quantitative estimate of drug-likeness (QED) is 0.604. The molecule has 2 atom stereocenters. The number of halogens is 3. The molecular weight excluding hydrogens is 405 g/mol. The van der Waals surface area contributed by atoms with Gasteiger partial charge in [-0.25, -0.2) is 4.68 Å². The molecule has 0 bridgehead atoms. The van der Waals surface area contributed by atoms with Crippen LogP contribution >= 0.6 is 12.2 Å². The van der Waals surface area contributed by atoms with E-state index in [1.807, 2.05) is 25.1 Å². The maximum atomic E-state index is 13.5. The SMILES string of the molecule is CCOc1ccccc1-n1c(-c2cnn3c2N[C@@H](C)C[C@@H]3C(F)(F)F)n[nH]c1=S. The molecule has 1 aliphatic heterocycles. The van der Waals surface area contributed by atoms with Gasteiger partial charge in [-0.1, -0.05) is 12.1 Å². The lowest BCUT2D eigenvalue weighted by Gasteiger charge is -2.32. The summed E-state index contributed by atoms with van der Waals surface area (Å²) >= 11 is 5.39. The van der Waals surface area contributed by atoms with Crippen molar-refractivity contribution in [3.63, 3.8) is 0 Å². The molecule has 0 saturated carbocycles. The van der Waals surface area contributed by atoms with Crippen LogP contribution in [0.2, 0.25) is 0 Å². The van der Waals surface area contributed by atoms with Crippen molar-refractivity contribution in [2.24, 2.45) is 0 Å². The standard InChI is InChI=1S/C18H19F3N6OS/c1-3-28-13-7-5-4-6-12(13)26-16(24-25-17(26)29)11-9-22-27-14(18(19,20)21)8-10(2)23-15(11)27/h4-7,9-10,14,23H,3,8H2,1-2H3,(H,25,29)/t10-,14+/m0/s1. The highest BCUT2D eigenvalue weighted by Crippen LogP contribution is 2.42. The fourth-order valence-electron chi connectivity index (χ4n) is 3.53. The second-order valence-corrected chi connectivity index (χ2v) is 7.17. The van der Waals surface area contributed by atoms with Crippen LogP contribution in [0.5, 0.6) is 5.75 Å². The van der Waals surface area contributed by atoms with Crippen molar-refractivity contribution >= 4 is 18.0 Å². The summed E-state index contributed by atoms with van der Waals surface area (Å²) in [4.78, 5) is 0. The Labute approximate surface area is 169 Å². The third-order valence-electron chi connectivity index (χ3n) is 4.75. The molecule has 0 aliphatic carbocycles. The zero-order valence-corrected chi connectivity index (χ0v) is 16.5. The highest BCUT2D eigenvalue weighted by molar-refractivity contribution is 7.71. The Hall–Kier alpha value is -2.82. The molecule has 0 saturated heterocycles. The van der Waals surface area contributed by atoms with E-state index in [9.17, 15) is 13.2 Å². The lowest BCUT2D eigenvalue weighted by atomic mass is 10.0. The number of anilines is 1. The van der Waals surface area contributed by atoms with Gasteiger partial charge in [0.1, 0.15) is 11.6 Å². The molecule has 4 rings (SSSR count). The first-order valence-electron chi connectivity index (χ1n) is 9.12. The molecule has 0 amide bonds. The van der Waals surface area contributed by atoms with Gasteiger partial charge >= 0.3 is 6.18 Å². The van der Waals surface area contributed by atoms with E-state index in [1.54, 1.807) is 17.6 Å². The summed E-state index contributed by atoms with van der Waals surface area (Å²) < 4.78 is 49.2. The van der Waals surface area contributed by atoms with Crippen LogP contribution in [0.25, 0.3) is 17.1 Å².